The van der Waals surface area contributed by atoms with E-state index in [0.29, 0.717) is 36.5 Å². The third-order valence-electron chi connectivity index (χ3n) is 5.56. The second-order valence-corrected chi connectivity index (χ2v) is 7.43. The molecule has 0 N–H and O–H groups in total. The van der Waals surface area contributed by atoms with Crippen molar-refractivity contribution in [2.75, 3.05) is 25.1 Å². The number of pyridine rings is 1. The molecule has 1 aliphatic carbocycles. The van der Waals surface area contributed by atoms with Crippen molar-refractivity contribution in [1.82, 2.24) is 19.4 Å². The number of ether oxygens (including phenoxy) is 1. The van der Waals surface area contributed by atoms with Crippen molar-refractivity contribution in [3.8, 4) is 5.75 Å². The van der Waals surface area contributed by atoms with Gasteiger partial charge in [-0.1, -0.05) is 0 Å². The number of likely N-dealkylation sites (tertiary alicyclic amines) is 1. The summed E-state index contributed by atoms with van der Waals surface area (Å²) in [5.74, 6) is 1.21. The highest BCUT2D eigenvalue weighted by atomic mass is 16.5. The van der Waals surface area contributed by atoms with Gasteiger partial charge in [-0.05, 0) is 31.7 Å². The van der Waals surface area contributed by atoms with Crippen molar-refractivity contribution in [2.45, 2.75) is 37.8 Å². The lowest BCUT2D eigenvalue weighted by Gasteiger charge is -2.39. The summed E-state index contributed by atoms with van der Waals surface area (Å²) in [5, 5.41) is 0. The topological polar surface area (TPSA) is 80.6 Å². The third-order valence-corrected chi connectivity index (χ3v) is 5.56. The molecule has 8 nitrogen and oxygen atoms in total. The first-order chi connectivity index (χ1) is 13.6. The van der Waals surface area contributed by atoms with Gasteiger partial charge in [-0.3, -0.25) is 9.59 Å². The van der Waals surface area contributed by atoms with E-state index in [1.54, 1.807) is 25.8 Å². The monoisotopic (exact) mass is 383 g/mol. The summed E-state index contributed by atoms with van der Waals surface area (Å²) in [6.45, 7) is 1.34. The van der Waals surface area contributed by atoms with Crippen LogP contribution in [0.5, 0.6) is 5.75 Å². The van der Waals surface area contributed by atoms with Crippen molar-refractivity contribution in [3.05, 3.63) is 46.8 Å². The molecule has 2 fully saturated rings. The summed E-state index contributed by atoms with van der Waals surface area (Å²) in [7, 11) is 3.12. The normalized spacial score (nSPS) is 17.4. The molecule has 1 saturated heterocycles. The minimum atomic E-state index is -0.197. The van der Waals surface area contributed by atoms with E-state index < -0.39 is 0 Å². The van der Waals surface area contributed by atoms with Crippen LogP contribution < -0.4 is 15.2 Å². The van der Waals surface area contributed by atoms with Crippen LogP contribution in [0.15, 0.2) is 35.6 Å². The average molecular weight is 383 g/mol. The Kier molecular flexibility index (Phi) is 5.02. The van der Waals surface area contributed by atoms with E-state index >= 15 is 0 Å². The summed E-state index contributed by atoms with van der Waals surface area (Å²) < 4.78 is 6.68. The van der Waals surface area contributed by atoms with Gasteiger partial charge in [-0.15, -0.1) is 0 Å². The zero-order chi connectivity index (χ0) is 19.7. The Hall–Kier alpha value is -2.90. The van der Waals surface area contributed by atoms with Crippen molar-refractivity contribution < 1.29 is 9.53 Å². The number of hydrogen-bond acceptors (Lipinski definition) is 6. The number of piperidine rings is 1. The molecule has 2 aromatic rings. The molecule has 0 atom stereocenters. The highest BCUT2D eigenvalue weighted by Crippen LogP contribution is 2.35. The molecule has 28 heavy (non-hydrogen) atoms. The second-order valence-electron chi connectivity index (χ2n) is 7.43. The van der Waals surface area contributed by atoms with Gasteiger partial charge in [0.25, 0.3) is 11.5 Å². The molecule has 0 aromatic carbocycles. The summed E-state index contributed by atoms with van der Waals surface area (Å²) in [6.07, 6.45) is 9.10. The standard InChI is InChI=1S/C20H25N5O3/c1-23-12-16(17(28-2)11-19(23)26)20(27)24-9-6-15(7-10-24)25(14-3-4-14)18-5-8-21-13-22-18/h5,8,11-15H,3-4,6-7,9-10H2,1-2H3. The van der Waals surface area contributed by atoms with E-state index in [9.17, 15) is 9.59 Å². The Balaban J connectivity index is 1.47. The molecule has 0 spiro atoms. The molecule has 0 radical (unpaired) electrons. The van der Waals surface area contributed by atoms with Gasteiger partial charge in [-0.25, -0.2) is 9.97 Å². The molecule has 2 aliphatic rings. The van der Waals surface area contributed by atoms with Crippen LogP contribution in [-0.2, 0) is 7.05 Å². The zero-order valence-corrected chi connectivity index (χ0v) is 16.2. The predicted octanol–water partition coefficient (Wildman–Crippen LogP) is 1.46. The molecule has 3 heterocycles. The number of rotatable bonds is 5. The van der Waals surface area contributed by atoms with E-state index in [4.69, 9.17) is 4.74 Å². The van der Waals surface area contributed by atoms with E-state index in [2.05, 4.69) is 14.9 Å². The fraction of sp³-hybridized carbons (Fsp3) is 0.500. The quantitative estimate of drug-likeness (QED) is 0.778. The SMILES string of the molecule is COc1cc(=O)n(C)cc1C(=O)N1CCC(N(c2ccncn2)C2CC2)CC1. The Morgan fingerprint density at radius 3 is 2.54 bits per heavy atom. The van der Waals surface area contributed by atoms with Crippen molar-refractivity contribution in [2.24, 2.45) is 7.05 Å². The highest BCUT2D eigenvalue weighted by molar-refractivity contribution is 5.96. The lowest BCUT2D eigenvalue weighted by Crippen LogP contribution is -2.48. The maximum atomic E-state index is 13.0. The number of aromatic nitrogens is 3. The summed E-state index contributed by atoms with van der Waals surface area (Å²) in [5.41, 5.74) is 0.231. The van der Waals surface area contributed by atoms with Crippen LogP contribution in [0.1, 0.15) is 36.0 Å². The molecule has 1 aliphatic heterocycles. The van der Waals surface area contributed by atoms with Gasteiger partial charge in [0, 0.05) is 50.7 Å². The predicted molar refractivity (Wildman–Crippen MR) is 105 cm³/mol. The van der Waals surface area contributed by atoms with Gasteiger partial charge in [0.2, 0.25) is 0 Å². The number of amides is 1. The molecule has 4 rings (SSSR count). The smallest absolute Gasteiger partial charge is 0.259 e. The van der Waals surface area contributed by atoms with Crippen LogP contribution in [-0.4, -0.2) is 57.6 Å². The largest absolute Gasteiger partial charge is 0.496 e. The number of aryl methyl sites for hydroxylation is 1. The maximum Gasteiger partial charge on any atom is 0.259 e. The lowest BCUT2D eigenvalue weighted by atomic mass is 10.0. The lowest BCUT2D eigenvalue weighted by molar-refractivity contribution is 0.0707. The molecule has 2 aromatic heterocycles. The summed E-state index contributed by atoms with van der Waals surface area (Å²) >= 11 is 0. The van der Waals surface area contributed by atoms with Crippen LogP contribution >= 0.6 is 0 Å². The molecule has 8 heteroatoms. The molecule has 1 saturated carbocycles. The number of methoxy groups -OCH3 is 1. The molecule has 1 amide bonds. The first-order valence-electron chi connectivity index (χ1n) is 9.66. The molecule has 148 valence electrons. The summed E-state index contributed by atoms with van der Waals surface area (Å²) in [6, 6.07) is 4.24. The van der Waals surface area contributed by atoms with Crippen LogP contribution in [0, 0.1) is 0 Å². The molecular weight excluding hydrogens is 358 g/mol. The third kappa shape index (κ3) is 3.58. The van der Waals surface area contributed by atoms with Gasteiger partial charge in [0.15, 0.2) is 0 Å². The Labute approximate surface area is 163 Å². The summed E-state index contributed by atoms with van der Waals surface area (Å²) in [4.78, 5) is 37.6. The number of nitrogens with zero attached hydrogens (tertiary/aromatic N) is 5. The number of hydrogen-bond donors (Lipinski definition) is 0. The first kappa shape index (κ1) is 18.5. The van der Waals surface area contributed by atoms with Crippen molar-refractivity contribution >= 4 is 11.7 Å². The van der Waals surface area contributed by atoms with Gasteiger partial charge in [0.1, 0.15) is 17.9 Å². The van der Waals surface area contributed by atoms with Gasteiger partial charge in [-0.2, -0.15) is 0 Å². The van der Waals surface area contributed by atoms with Crippen molar-refractivity contribution in [3.63, 3.8) is 0 Å². The van der Waals surface area contributed by atoms with E-state index in [0.717, 1.165) is 18.7 Å². The molecule has 0 bridgehead atoms. The molecular formula is C20H25N5O3. The van der Waals surface area contributed by atoms with Gasteiger partial charge in [0.05, 0.1) is 12.7 Å². The molecule has 0 unspecified atom stereocenters. The highest BCUT2D eigenvalue weighted by Gasteiger charge is 2.37. The van der Waals surface area contributed by atoms with Crippen LogP contribution in [0.2, 0.25) is 0 Å². The fourth-order valence-corrected chi connectivity index (χ4v) is 3.92. The fourth-order valence-electron chi connectivity index (χ4n) is 3.92. The van der Waals surface area contributed by atoms with E-state index in [1.807, 2.05) is 11.0 Å². The minimum Gasteiger partial charge on any atom is -0.496 e. The van der Waals surface area contributed by atoms with E-state index in [1.165, 1.54) is 30.6 Å². The van der Waals surface area contributed by atoms with Gasteiger partial charge < -0.3 is 19.1 Å². The van der Waals surface area contributed by atoms with Gasteiger partial charge >= 0.3 is 0 Å². The Morgan fingerprint density at radius 1 is 1.21 bits per heavy atom. The zero-order valence-electron chi connectivity index (χ0n) is 16.2. The van der Waals surface area contributed by atoms with E-state index in [-0.39, 0.29) is 11.5 Å². The Bertz CT molecular complexity index is 902. The number of carbonyl (C=O) groups excluding carboxylic acids is 1. The maximum absolute atomic E-state index is 13.0. The number of carbonyl (C=O) groups is 1. The minimum absolute atomic E-state index is 0.0918. The van der Waals surface area contributed by atoms with Crippen molar-refractivity contribution in [1.29, 1.82) is 0 Å². The first-order valence-corrected chi connectivity index (χ1v) is 9.66. The average Bonchev–Trinajstić information content (AvgIpc) is 3.56. The van der Waals surface area contributed by atoms with Crippen LogP contribution in [0.4, 0.5) is 5.82 Å². The number of anilines is 1. The van der Waals surface area contributed by atoms with Crippen LogP contribution in [0.3, 0.4) is 0 Å². The Morgan fingerprint density at radius 2 is 1.93 bits per heavy atom. The second kappa shape index (κ2) is 7.61. The van der Waals surface area contributed by atoms with Crippen LogP contribution in [0.25, 0.3) is 0 Å².